The highest BCUT2D eigenvalue weighted by Gasteiger charge is 2.28. The van der Waals surface area contributed by atoms with E-state index in [0.717, 1.165) is 6.42 Å². The topological polar surface area (TPSA) is 0 Å². The molecule has 0 aliphatic carbocycles. The molecule has 0 saturated heterocycles. The van der Waals surface area contributed by atoms with E-state index >= 15 is 0 Å². The van der Waals surface area contributed by atoms with Gasteiger partial charge in [0, 0.05) is 0 Å². The summed E-state index contributed by atoms with van der Waals surface area (Å²) in [6.45, 7) is 4.71. The predicted octanol–water partition coefficient (Wildman–Crippen LogP) is 6.84. The summed E-state index contributed by atoms with van der Waals surface area (Å²) in [7, 11) is 0. The number of hydrogen-bond acceptors (Lipinski definition) is 0. The molecule has 0 aliphatic heterocycles. The van der Waals surface area contributed by atoms with Crippen LogP contribution in [0, 0.1) is 5.92 Å². The van der Waals surface area contributed by atoms with E-state index < -0.39 is 0 Å². The molecule has 0 heterocycles. The van der Waals surface area contributed by atoms with Crippen LogP contribution >= 0.6 is 0 Å². The van der Waals surface area contributed by atoms with Gasteiger partial charge < -0.3 is 0 Å². The highest BCUT2D eigenvalue weighted by Crippen LogP contribution is 2.41. The molecule has 3 unspecified atom stereocenters. The summed E-state index contributed by atoms with van der Waals surface area (Å²) in [6.07, 6.45) is 2.27. The van der Waals surface area contributed by atoms with Gasteiger partial charge in [0.25, 0.3) is 0 Å². The Kier molecular flexibility index (Phi) is 6.06. The fourth-order valence-corrected chi connectivity index (χ4v) is 3.91. The van der Waals surface area contributed by atoms with Crippen LogP contribution in [0.25, 0.3) is 0 Å². The van der Waals surface area contributed by atoms with Crippen LogP contribution in [0.1, 0.15) is 48.8 Å². The molecule has 128 valence electrons. The summed E-state index contributed by atoms with van der Waals surface area (Å²) in [5.74, 6) is 1.64. The zero-order valence-corrected chi connectivity index (χ0v) is 15.3. The van der Waals surface area contributed by atoms with Gasteiger partial charge in [0.15, 0.2) is 0 Å². The molecule has 0 N–H and O–H groups in total. The summed E-state index contributed by atoms with van der Waals surface area (Å²) in [6, 6.07) is 33.1. The third-order valence-electron chi connectivity index (χ3n) is 5.40. The largest absolute Gasteiger partial charge is 0.0651 e. The SMILES string of the molecule is CCC(C)C(c1ccccc1)C(Cc1ccccc1)c1ccccc1. The Morgan fingerprint density at radius 3 is 1.64 bits per heavy atom. The first kappa shape index (κ1) is 17.5. The van der Waals surface area contributed by atoms with Gasteiger partial charge >= 0.3 is 0 Å². The van der Waals surface area contributed by atoms with Crippen molar-refractivity contribution in [3.63, 3.8) is 0 Å². The Balaban J connectivity index is 2.03. The number of hydrogen-bond donors (Lipinski definition) is 0. The van der Waals surface area contributed by atoms with E-state index in [9.17, 15) is 0 Å². The van der Waals surface area contributed by atoms with Crippen molar-refractivity contribution in [3.05, 3.63) is 108 Å². The van der Waals surface area contributed by atoms with Crippen LogP contribution in [-0.4, -0.2) is 0 Å². The molecule has 0 radical (unpaired) electrons. The predicted molar refractivity (Wildman–Crippen MR) is 108 cm³/mol. The van der Waals surface area contributed by atoms with E-state index in [4.69, 9.17) is 0 Å². The molecule has 0 amide bonds. The van der Waals surface area contributed by atoms with Crippen LogP contribution in [0.4, 0.5) is 0 Å². The Morgan fingerprint density at radius 1 is 0.640 bits per heavy atom. The van der Waals surface area contributed by atoms with Gasteiger partial charge in [-0.2, -0.15) is 0 Å². The van der Waals surface area contributed by atoms with Gasteiger partial charge in [0.2, 0.25) is 0 Å². The molecule has 3 rings (SSSR count). The molecule has 0 saturated carbocycles. The van der Waals surface area contributed by atoms with E-state index in [0.29, 0.717) is 17.8 Å². The Bertz CT molecular complexity index is 731. The van der Waals surface area contributed by atoms with Gasteiger partial charge in [0.1, 0.15) is 0 Å². The lowest BCUT2D eigenvalue weighted by Crippen LogP contribution is -2.20. The molecule has 0 aliphatic rings. The molecule has 3 aromatic rings. The lowest BCUT2D eigenvalue weighted by molar-refractivity contribution is 0.380. The van der Waals surface area contributed by atoms with Gasteiger partial charge in [-0.15, -0.1) is 0 Å². The van der Waals surface area contributed by atoms with Gasteiger partial charge in [-0.25, -0.2) is 0 Å². The van der Waals surface area contributed by atoms with Gasteiger partial charge in [0.05, 0.1) is 0 Å². The molecular weight excluding hydrogens is 300 g/mol. The van der Waals surface area contributed by atoms with Crippen molar-refractivity contribution in [1.29, 1.82) is 0 Å². The fourth-order valence-electron chi connectivity index (χ4n) is 3.91. The maximum Gasteiger partial charge on any atom is -0.00501 e. The third-order valence-corrected chi connectivity index (χ3v) is 5.40. The molecule has 0 bridgehead atoms. The van der Waals surface area contributed by atoms with Crippen LogP contribution in [0.15, 0.2) is 91.0 Å². The second kappa shape index (κ2) is 8.67. The zero-order chi connectivity index (χ0) is 17.5. The third kappa shape index (κ3) is 4.39. The van der Waals surface area contributed by atoms with E-state index in [2.05, 4.69) is 105 Å². The lowest BCUT2D eigenvalue weighted by atomic mass is 9.71. The second-order valence-corrected chi connectivity index (χ2v) is 7.03. The first-order valence-electron chi connectivity index (χ1n) is 9.43. The second-order valence-electron chi connectivity index (χ2n) is 7.03. The minimum Gasteiger partial charge on any atom is -0.0651 e. The van der Waals surface area contributed by atoms with Crippen molar-refractivity contribution in [1.82, 2.24) is 0 Å². The molecule has 3 atom stereocenters. The highest BCUT2D eigenvalue weighted by molar-refractivity contribution is 5.32. The van der Waals surface area contributed by atoms with Crippen molar-refractivity contribution in [2.75, 3.05) is 0 Å². The van der Waals surface area contributed by atoms with Crippen LogP contribution in [0.3, 0.4) is 0 Å². The molecule has 0 fully saturated rings. The first-order chi connectivity index (χ1) is 12.3. The molecule has 0 heteroatoms. The highest BCUT2D eigenvalue weighted by atomic mass is 14.3. The summed E-state index contributed by atoms with van der Waals surface area (Å²) >= 11 is 0. The smallest absolute Gasteiger partial charge is 0.00501 e. The normalized spacial score (nSPS) is 14.6. The molecule has 0 aromatic heterocycles. The lowest BCUT2D eigenvalue weighted by Gasteiger charge is -2.33. The van der Waals surface area contributed by atoms with Crippen LogP contribution in [0.2, 0.25) is 0 Å². The van der Waals surface area contributed by atoms with Crippen LogP contribution < -0.4 is 0 Å². The first-order valence-corrected chi connectivity index (χ1v) is 9.43. The molecule has 25 heavy (non-hydrogen) atoms. The van der Waals surface area contributed by atoms with Crippen molar-refractivity contribution >= 4 is 0 Å². The van der Waals surface area contributed by atoms with Crippen molar-refractivity contribution < 1.29 is 0 Å². The van der Waals surface area contributed by atoms with Crippen molar-refractivity contribution in [2.45, 2.75) is 38.5 Å². The quantitative estimate of drug-likeness (QED) is 0.445. The van der Waals surface area contributed by atoms with Crippen molar-refractivity contribution in [2.24, 2.45) is 5.92 Å². The monoisotopic (exact) mass is 328 g/mol. The fraction of sp³-hybridized carbons (Fsp3) is 0.280. The summed E-state index contributed by atoms with van der Waals surface area (Å²) in [5, 5.41) is 0. The average Bonchev–Trinajstić information content (AvgIpc) is 2.69. The van der Waals surface area contributed by atoms with Crippen LogP contribution in [-0.2, 0) is 6.42 Å². The Labute approximate surface area is 152 Å². The molecule has 0 nitrogen and oxygen atoms in total. The van der Waals surface area contributed by atoms with E-state index in [1.807, 2.05) is 0 Å². The van der Waals surface area contributed by atoms with Crippen molar-refractivity contribution in [3.8, 4) is 0 Å². The Hall–Kier alpha value is -2.34. The van der Waals surface area contributed by atoms with Crippen LogP contribution in [0.5, 0.6) is 0 Å². The minimum atomic E-state index is 0.487. The Morgan fingerprint density at radius 2 is 1.12 bits per heavy atom. The zero-order valence-electron chi connectivity index (χ0n) is 15.3. The molecule has 3 aromatic carbocycles. The van der Waals surface area contributed by atoms with E-state index in [1.54, 1.807) is 0 Å². The maximum absolute atomic E-state index is 2.40. The average molecular weight is 328 g/mol. The van der Waals surface area contributed by atoms with Gasteiger partial charge in [-0.3, -0.25) is 0 Å². The van der Waals surface area contributed by atoms with E-state index in [-0.39, 0.29) is 0 Å². The number of rotatable bonds is 7. The standard InChI is InChI=1S/C25H28/c1-3-20(2)25(23-17-11-6-12-18-23)24(22-15-9-5-10-16-22)19-21-13-7-4-8-14-21/h4-18,20,24-25H,3,19H2,1-2H3. The molecular formula is C25H28. The number of benzene rings is 3. The van der Waals surface area contributed by atoms with Gasteiger partial charge in [-0.05, 0) is 40.9 Å². The summed E-state index contributed by atoms with van der Waals surface area (Å²) in [4.78, 5) is 0. The molecule has 0 spiro atoms. The van der Waals surface area contributed by atoms with Gasteiger partial charge in [-0.1, -0.05) is 111 Å². The van der Waals surface area contributed by atoms with E-state index in [1.165, 1.54) is 23.1 Å². The maximum atomic E-state index is 2.40. The minimum absolute atomic E-state index is 0.487. The summed E-state index contributed by atoms with van der Waals surface area (Å²) < 4.78 is 0. The summed E-state index contributed by atoms with van der Waals surface area (Å²) in [5.41, 5.74) is 4.32.